The Hall–Kier alpha value is -0.410. The van der Waals surface area contributed by atoms with Gasteiger partial charge in [0.1, 0.15) is 0 Å². The topological polar surface area (TPSA) is 38.9 Å². The molecule has 0 aliphatic rings. The molecule has 0 spiro atoms. The Morgan fingerprint density at radius 1 is 1.26 bits per heavy atom. The zero-order chi connectivity index (χ0) is 14.5. The highest BCUT2D eigenvalue weighted by atomic mass is 32.1. The maximum Gasteiger partial charge on any atom is 0.0934 e. The number of thiazole rings is 1. The van der Waals surface area contributed by atoms with E-state index in [1.165, 1.54) is 30.0 Å². The van der Waals surface area contributed by atoms with Crippen molar-refractivity contribution in [1.82, 2.24) is 4.98 Å². The van der Waals surface area contributed by atoms with E-state index in [-0.39, 0.29) is 10.8 Å². The Kier molecular flexibility index (Phi) is 6.00. The standard InChI is InChI=1S/C16H30N2S/c1-6-8-9-16(7-2,12-17)10-14-18-13(11-19-14)15(3,4)5/h11H,6-10,12,17H2,1-5H3. The first-order valence-electron chi connectivity index (χ1n) is 7.52. The van der Waals surface area contributed by atoms with Crippen molar-refractivity contribution >= 4 is 11.3 Å². The lowest BCUT2D eigenvalue weighted by atomic mass is 9.77. The third-order valence-electron chi connectivity index (χ3n) is 4.09. The molecule has 19 heavy (non-hydrogen) atoms. The third kappa shape index (κ3) is 4.57. The summed E-state index contributed by atoms with van der Waals surface area (Å²) < 4.78 is 0. The molecule has 0 bridgehead atoms. The number of nitrogens with zero attached hydrogens (tertiary/aromatic N) is 1. The SMILES string of the molecule is CCCCC(CC)(CN)Cc1nc(C(C)(C)C)cs1. The van der Waals surface area contributed by atoms with E-state index in [0.29, 0.717) is 0 Å². The van der Waals surface area contributed by atoms with Gasteiger partial charge in [-0.3, -0.25) is 0 Å². The lowest BCUT2D eigenvalue weighted by Gasteiger charge is -2.30. The lowest BCUT2D eigenvalue weighted by Crippen LogP contribution is -2.32. The fraction of sp³-hybridized carbons (Fsp3) is 0.812. The maximum absolute atomic E-state index is 6.08. The zero-order valence-corrected chi connectivity index (χ0v) is 14.1. The summed E-state index contributed by atoms with van der Waals surface area (Å²) in [6.07, 6.45) is 5.92. The molecular weight excluding hydrogens is 252 g/mol. The number of aromatic nitrogens is 1. The van der Waals surface area contributed by atoms with Crippen molar-refractivity contribution in [2.24, 2.45) is 11.1 Å². The van der Waals surface area contributed by atoms with E-state index in [2.05, 4.69) is 40.0 Å². The Morgan fingerprint density at radius 3 is 2.37 bits per heavy atom. The van der Waals surface area contributed by atoms with Gasteiger partial charge in [0.25, 0.3) is 0 Å². The molecule has 0 amide bonds. The molecule has 1 rings (SSSR count). The molecule has 2 nitrogen and oxygen atoms in total. The molecule has 0 aromatic carbocycles. The highest BCUT2D eigenvalue weighted by molar-refractivity contribution is 7.09. The summed E-state index contributed by atoms with van der Waals surface area (Å²) in [4.78, 5) is 4.83. The van der Waals surface area contributed by atoms with Gasteiger partial charge >= 0.3 is 0 Å². The van der Waals surface area contributed by atoms with Crippen molar-refractivity contribution in [2.45, 2.75) is 72.1 Å². The van der Waals surface area contributed by atoms with Crippen LogP contribution in [-0.4, -0.2) is 11.5 Å². The molecule has 0 fully saturated rings. The first-order chi connectivity index (χ1) is 8.87. The summed E-state index contributed by atoms with van der Waals surface area (Å²) in [7, 11) is 0. The van der Waals surface area contributed by atoms with E-state index in [4.69, 9.17) is 10.7 Å². The Bertz CT molecular complexity index is 372. The summed E-state index contributed by atoms with van der Waals surface area (Å²) in [5, 5.41) is 3.47. The van der Waals surface area contributed by atoms with Gasteiger partial charge in [0.2, 0.25) is 0 Å². The fourth-order valence-corrected chi connectivity index (χ4v) is 3.51. The van der Waals surface area contributed by atoms with E-state index in [1.807, 2.05) is 0 Å². The van der Waals surface area contributed by atoms with Crippen LogP contribution in [0.15, 0.2) is 5.38 Å². The molecule has 1 atom stereocenters. The average molecular weight is 282 g/mol. The van der Waals surface area contributed by atoms with Gasteiger partial charge < -0.3 is 5.73 Å². The molecule has 110 valence electrons. The molecule has 3 heteroatoms. The zero-order valence-electron chi connectivity index (χ0n) is 13.3. The van der Waals surface area contributed by atoms with Crippen LogP contribution in [0.2, 0.25) is 0 Å². The molecule has 1 heterocycles. The van der Waals surface area contributed by atoms with E-state index < -0.39 is 0 Å². The molecular formula is C16H30N2S. The van der Waals surface area contributed by atoms with Gasteiger partial charge in [-0.1, -0.05) is 47.5 Å². The molecule has 0 aliphatic heterocycles. The highest BCUT2D eigenvalue weighted by Crippen LogP contribution is 2.34. The van der Waals surface area contributed by atoms with Crippen LogP contribution in [0.4, 0.5) is 0 Å². The quantitative estimate of drug-likeness (QED) is 0.798. The van der Waals surface area contributed by atoms with Crippen molar-refractivity contribution in [2.75, 3.05) is 6.54 Å². The van der Waals surface area contributed by atoms with Crippen molar-refractivity contribution in [3.05, 3.63) is 16.1 Å². The summed E-state index contributed by atoms with van der Waals surface area (Å²) >= 11 is 1.80. The van der Waals surface area contributed by atoms with Gasteiger partial charge in [0.05, 0.1) is 10.7 Å². The molecule has 0 saturated heterocycles. The molecule has 2 N–H and O–H groups in total. The molecule has 1 aromatic rings. The van der Waals surface area contributed by atoms with Crippen LogP contribution in [0.5, 0.6) is 0 Å². The second-order valence-electron chi connectivity index (χ2n) is 6.71. The van der Waals surface area contributed by atoms with Crippen LogP contribution in [0.25, 0.3) is 0 Å². The van der Waals surface area contributed by atoms with Crippen molar-refractivity contribution in [1.29, 1.82) is 0 Å². The Labute approximate surface area is 122 Å². The van der Waals surface area contributed by atoms with E-state index in [9.17, 15) is 0 Å². The van der Waals surface area contributed by atoms with Gasteiger partial charge in [-0.05, 0) is 24.8 Å². The average Bonchev–Trinajstić information content (AvgIpc) is 2.83. The van der Waals surface area contributed by atoms with Gasteiger partial charge in [-0.2, -0.15) is 0 Å². The summed E-state index contributed by atoms with van der Waals surface area (Å²) in [5.74, 6) is 0. The number of unbranched alkanes of at least 4 members (excludes halogenated alkanes) is 1. The Morgan fingerprint density at radius 2 is 1.95 bits per heavy atom. The third-order valence-corrected chi connectivity index (χ3v) is 4.94. The number of nitrogens with two attached hydrogens (primary N) is 1. The smallest absolute Gasteiger partial charge is 0.0934 e. The molecule has 1 aromatic heterocycles. The van der Waals surface area contributed by atoms with E-state index >= 15 is 0 Å². The lowest BCUT2D eigenvalue weighted by molar-refractivity contribution is 0.250. The predicted molar refractivity (Wildman–Crippen MR) is 85.8 cm³/mol. The first-order valence-corrected chi connectivity index (χ1v) is 8.40. The van der Waals surface area contributed by atoms with Crippen LogP contribution in [0.1, 0.15) is 71.0 Å². The molecule has 0 radical (unpaired) electrons. The van der Waals surface area contributed by atoms with E-state index in [0.717, 1.165) is 19.4 Å². The van der Waals surface area contributed by atoms with Crippen LogP contribution >= 0.6 is 11.3 Å². The summed E-state index contributed by atoms with van der Waals surface area (Å²) in [6.45, 7) is 11.9. The van der Waals surface area contributed by atoms with Crippen LogP contribution < -0.4 is 5.73 Å². The van der Waals surface area contributed by atoms with Gasteiger partial charge in [-0.25, -0.2) is 4.98 Å². The Balaban J connectivity index is 2.82. The number of hydrogen-bond acceptors (Lipinski definition) is 3. The summed E-state index contributed by atoms with van der Waals surface area (Å²) in [6, 6.07) is 0. The predicted octanol–water partition coefficient (Wildman–Crippen LogP) is 4.53. The second kappa shape index (κ2) is 6.85. The maximum atomic E-state index is 6.08. The minimum Gasteiger partial charge on any atom is -0.330 e. The van der Waals surface area contributed by atoms with Crippen molar-refractivity contribution in [3.63, 3.8) is 0 Å². The van der Waals surface area contributed by atoms with Crippen molar-refractivity contribution in [3.8, 4) is 0 Å². The largest absolute Gasteiger partial charge is 0.330 e. The van der Waals surface area contributed by atoms with Crippen LogP contribution in [-0.2, 0) is 11.8 Å². The monoisotopic (exact) mass is 282 g/mol. The molecule has 1 unspecified atom stereocenters. The summed E-state index contributed by atoms with van der Waals surface area (Å²) in [5.41, 5.74) is 7.69. The number of rotatable bonds is 7. The normalized spacial score (nSPS) is 15.5. The van der Waals surface area contributed by atoms with Crippen LogP contribution in [0.3, 0.4) is 0 Å². The van der Waals surface area contributed by atoms with Gasteiger partial charge in [0.15, 0.2) is 0 Å². The minimum atomic E-state index is 0.149. The fourth-order valence-electron chi connectivity index (χ4n) is 2.32. The van der Waals surface area contributed by atoms with Crippen LogP contribution in [0, 0.1) is 5.41 Å². The minimum absolute atomic E-state index is 0.149. The van der Waals surface area contributed by atoms with Gasteiger partial charge in [0, 0.05) is 17.2 Å². The van der Waals surface area contributed by atoms with Gasteiger partial charge in [-0.15, -0.1) is 11.3 Å². The molecule has 0 saturated carbocycles. The first kappa shape index (κ1) is 16.6. The molecule has 0 aliphatic carbocycles. The van der Waals surface area contributed by atoms with Crippen molar-refractivity contribution < 1.29 is 0 Å². The second-order valence-corrected chi connectivity index (χ2v) is 7.66. The highest BCUT2D eigenvalue weighted by Gasteiger charge is 2.28. The van der Waals surface area contributed by atoms with E-state index in [1.54, 1.807) is 11.3 Å². The number of hydrogen-bond donors (Lipinski definition) is 1.